The molecule has 2 fully saturated rings. The number of pyridine rings is 1. The standard InChI is InChI=1S/C24H32N4O/c1-19-7-6-10-23(15-19)27-11-13-28(14-12-27)24(29)20-16-22(18-25-17-20)26-21-8-4-2-3-5-9-21/h6-7,10,15-18,21,26H,2-5,8-9,11-14H2,1H3. The van der Waals surface area contributed by atoms with Gasteiger partial charge in [-0.2, -0.15) is 0 Å². The summed E-state index contributed by atoms with van der Waals surface area (Å²) in [7, 11) is 0. The van der Waals surface area contributed by atoms with Gasteiger partial charge in [0.05, 0.1) is 11.3 Å². The molecule has 0 unspecified atom stereocenters. The summed E-state index contributed by atoms with van der Waals surface area (Å²) in [6, 6.07) is 11.1. The molecule has 0 radical (unpaired) electrons. The van der Waals surface area contributed by atoms with E-state index in [1.807, 2.05) is 17.2 Å². The van der Waals surface area contributed by atoms with E-state index in [-0.39, 0.29) is 5.91 Å². The molecule has 1 saturated carbocycles. The molecule has 0 spiro atoms. The molecule has 2 aromatic rings. The van der Waals surface area contributed by atoms with Gasteiger partial charge in [-0.1, -0.05) is 37.8 Å². The molecule has 29 heavy (non-hydrogen) atoms. The number of nitrogens with zero attached hydrogens (tertiary/aromatic N) is 3. The van der Waals surface area contributed by atoms with Crippen molar-refractivity contribution >= 4 is 17.3 Å². The van der Waals surface area contributed by atoms with Gasteiger partial charge in [-0.25, -0.2) is 0 Å². The van der Waals surface area contributed by atoms with Gasteiger partial charge in [0.1, 0.15) is 0 Å². The Bertz CT molecular complexity index is 821. The van der Waals surface area contributed by atoms with Crippen LogP contribution in [-0.2, 0) is 0 Å². The van der Waals surface area contributed by atoms with Crippen molar-refractivity contribution in [1.29, 1.82) is 0 Å². The fourth-order valence-electron chi connectivity index (χ4n) is 4.47. The van der Waals surface area contributed by atoms with Crippen LogP contribution in [0.2, 0.25) is 0 Å². The summed E-state index contributed by atoms with van der Waals surface area (Å²) in [5.41, 5.74) is 4.17. The molecule has 1 aliphatic heterocycles. The Balaban J connectivity index is 1.36. The summed E-state index contributed by atoms with van der Waals surface area (Å²) in [6.45, 7) is 5.33. The lowest BCUT2D eigenvalue weighted by atomic mass is 10.1. The number of amides is 1. The van der Waals surface area contributed by atoms with Crippen LogP contribution in [0.5, 0.6) is 0 Å². The Morgan fingerprint density at radius 1 is 1.00 bits per heavy atom. The molecule has 0 atom stereocenters. The van der Waals surface area contributed by atoms with Gasteiger partial charge in [0.15, 0.2) is 0 Å². The third-order valence-corrected chi connectivity index (χ3v) is 6.14. The molecule has 1 aliphatic carbocycles. The van der Waals surface area contributed by atoms with E-state index in [0.717, 1.165) is 31.9 Å². The molecule has 0 bridgehead atoms. The van der Waals surface area contributed by atoms with E-state index in [9.17, 15) is 4.79 Å². The van der Waals surface area contributed by atoms with Crippen LogP contribution in [0.4, 0.5) is 11.4 Å². The fourth-order valence-corrected chi connectivity index (χ4v) is 4.47. The Labute approximate surface area is 174 Å². The lowest BCUT2D eigenvalue weighted by molar-refractivity contribution is 0.0746. The van der Waals surface area contributed by atoms with Crippen LogP contribution in [0.25, 0.3) is 0 Å². The molecule has 1 aromatic carbocycles. The van der Waals surface area contributed by atoms with Gasteiger partial charge in [0.25, 0.3) is 5.91 Å². The molecule has 1 amide bonds. The van der Waals surface area contributed by atoms with Crippen molar-refractivity contribution in [3.8, 4) is 0 Å². The summed E-state index contributed by atoms with van der Waals surface area (Å²) >= 11 is 0. The van der Waals surface area contributed by atoms with Crippen molar-refractivity contribution in [1.82, 2.24) is 9.88 Å². The summed E-state index contributed by atoms with van der Waals surface area (Å²) < 4.78 is 0. The number of aromatic nitrogens is 1. The van der Waals surface area contributed by atoms with E-state index in [4.69, 9.17) is 0 Å². The third kappa shape index (κ3) is 5.08. The summed E-state index contributed by atoms with van der Waals surface area (Å²) in [5.74, 6) is 0.0888. The Hall–Kier alpha value is -2.56. The third-order valence-electron chi connectivity index (χ3n) is 6.14. The van der Waals surface area contributed by atoms with Crippen molar-refractivity contribution in [2.24, 2.45) is 0 Å². The smallest absolute Gasteiger partial charge is 0.255 e. The topological polar surface area (TPSA) is 48.5 Å². The second-order valence-electron chi connectivity index (χ2n) is 8.41. The number of carbonyl (C=O) groups excluding carboxylic acids is 1. The Kier molecular flexibility index (Phi) is 6.33. The number of carbonyl (C=O) groups is 1. The van der Waals surface area contributed by atoms with E-state index in [1.165, 1.54) is 49.8 Å². The van der Waals surface area contributed by atoms with E-state index in [1.54, 1.807) is 6.20 Å². The van der Waals surface area contributed by atoms with Crippen molar-refractivity contribution < 1.29 is 4.79 Å². The molecular formula is C24H32N4O. The molecule has 1 aromatic heterocycles. The number of aryl methyl sites for hydroxylation is 1. The lowest BCUT2D eigenvalue weighted by Crippen LogP contribution is -2.48. The molecule has 2 heterocycles. The van der Waals surface area contributed by atoms with Crippen molar-refractivity contribution in [3.05, 3.63) is 53.9 Å². The SMILES string of the molecule is Cc1cccc(N2CCN(C(=O)c3cncc(NC4CCCCCC4)c3)CC2)c1. The van der Waals surface area contributed by atoms with Gasteiger partial charge in [0, 0.05) is 50.3 Å². The highest BCUT2D eigenvalue weighted by atomic mass is 16.2. The van der Waals surface area contributed by atoms with Crippen molar-refractivity contribution in [3.63, 3.8) is 0 Å². The highest BCUT2D eigenvalue weighted by molar-refractivity contribution is 5.95. The summed E-state index contributed by atoms with van der Waals surface area (Å²) in [5, 5.41) is 3.61. The maximum atomic E-state index is 13.0. The number of anilines is 2. The quantitative estimate of drug-likeness (QED) is 0.779. The Morgan fingerprint density at radius 3 is 2.48 bits per heavy atom. The second-order valence-corrected chi connectivity index (χ2v) is 8.41. The van der Waals surface area contributed by atoms with Crippen LogP contribution in [0.3, 0.4) is 0 Å². The number of hydrogen-bond donors (Lipinski definition) is 1. The predicted octanol–water partition coefficient (Wildman–Crippen LogP) is 4.49. The molecule has 1 N–H and O–H groups in total. The van der Waals surface area contributed by atoms with E-state index in [0.29, 0.717) is 11.6 Å². The minimum absolute atomic E-state index is 0.0888. The first-order valence-corrected chi connectivity index (χ1v) is 11.0. The fraction of sp³-hybridized carbons (Fsp3) is 0.500. The Morgan fingerprint density at radius 2 is 1.76 bits per heavy atom. The molecule has 4 rings (SSSR count). The van der Waals surface area contributed by atoms with Gasteiger partial charge in [-0.3, -0.25) is 9.78 Å². The van der Waals surface area contributed by atoms with Crippen LogP contribution in [0.1, 0.15) is 54.4 Å². The minimum Gasteiger partial charge on any atom is -0.381 e. The monoisotopic (exact) mass is 392 g/mol. The number of nitrogens with one attached hydrogen (secondary N) is 1. The van der Waals surface area contributed by atoms with Crippen molar-refractivity contribution in [2.45, 2.75) is 51.5 Å². The maximum Gasteiger partial charge on any atom is 0.255 e. The first kappa shape index (κ1) is 19.7. The van der Waals surface area contributed by atoms with Crippen LogP contribution in [0, 0.1) is 6.92 Å². The molecule has 5 nitrogen and oxygen atoms in total. The van der Waals surface area contributed by atoms with Gasteiger partial charge in [0.2, 0.25) is 0 Å². The first-order valence-electron chi connectivity index (χ1n) is 11.0. The molecule has 1 saturated heterocycles. The highest BCUT2D eigenvalue weighted by Crippen LogP contribution is 2.22. The number of rotatable bonds is 4. The van der Waals surface area contributed by atoms with Crippen molar-refractivity contribution in [2.75, 3.05) is 36.4 Å². The highest BCUT2D eigenvalue weighted by Gasteiger charge is 2.23. The molecular weight excluding hydrogens is 360 g/mol. The zero-order valence-electron chi connectivity index (χ0n) is 17.4. The summed E-state index contributed by atoms with van der Waals surface area (Å²) in [4.78, 5) is 21.7. The number of hydrogen-bond acceptors (Lipinski definition) is 4. The predicted molar refractivity (Wildman–Crippen MR) is 119 cm³/mol. The lowest BCUT2D eigenvalue weighted by Gasteiger charge is -2.36. The van der Waals surface area contributed by atoms with Gasteiger partial charge in [-0.15, -0.1) is 0 Å². The average Bonchev–Trinajstić information content (AvgIpc) is 3.02. The normalized spacial score (nSPS) is 18.4. The van der Waals surface area contributed by atoms with E-state index < -0.39 is 0 Å². The number of piperazine rings is 1. The van der Waals surface area contributed by atoms with Gasteiger partial charge in [-0.05, 0) is 43.5 Å². The van der Waals surface area contributed by atoms with Crippen LogP contribution >= 0.6 is 0 Å². The largest absolute Gasteiger partial charge is 0.381 e. The number of benzene rings is 1. The average molecular weight is 393 g/mol. The molecule has 5 heteroatoms. The first-order chi connectivity index (χ1) is 14.2. The maximum absolute atomic E-state index is 13.0. The molecule has 154 valence electrons. The summed E-state index contributed by atoms with van der Waals surface area (Å²) in [6.07, 6.45) is 11.2. The van der Waals surface area contributed by atoms with Gasteiger partial charge >= 0.3 is 0 Å². The van der Waals surface area contributed by atoms with Crippen LogP contribution < -0.4 is 10.2 Å². The second kappa shape index (κ2) is 9.29. The van der Waals surface area contributed by atoms with Gasteiger partial charge < -0.3 is 15.1 Å². The molecule has 2 aliphatic rings. The van der Waals surface area contributed by atoms with Crippen LogP contribution in [0.15, 0.2) is 42.7 Å². The zero-order valence-corrected chi connectivity index (χ0v) is 17.4. The zero-order chi connectivity index (χ0) is 20.1. The van der Waals surface area contributed by atoms with E-state index >= 15 is 0 Å². The van der Waals surface area contributed by atoms with E-state index in [2.05, 4.69) is 46.4 Å². The minimum atomic E-state index is 0.0888. The van der Waals surface area contributed by atoms with Crippen LogP contribution in [-0.4, -0.2) is 48.0 Å².